The monoisotopic (exact) mass is 363 g/mol. The molecule has 0 aliphatic carbocycles. The maximum atomic E-state index is 13.4. The molecule has 0 radical (unpaired) electrons. The predicted molar refractivity (Wildman–Crippen MR) is 94.8 cm³/mol. The first-order valence-electron chi connectivity index (χ1n) is 8.22. The van der Waals surface area contributed by atoms with Crippen molar-refractivity contribution in [1.29, 1.82) is 0 Å². The first-order valence-corrected chi connectivity index (χ1v) is 15.1. The van der Waals surface area contributed by atoms with Gasteiger partial charge in [0.05, 0.1) is 0 Å². The molecule has 0 amide bonds. The van der Waals surface area contributed by atoms with E-state index in [2.05, 4.69) is 34.1 Å². The van der Waals surface area contributed by atoms with E-state index < -0.39 is 19.2 Å². The molecule has 1 heterocycles. The number of pyridine rings is 1. The van der Waals surface area contributed by atoms with E-state index in [0.717, 1.165) is 22.4 Å². The molecular weight excluding hydrogens is 334 g/mol. The summed E-state index contributed by atoms with van der Waals surface area (Å²) in [5.74, 6) is 6.20. The van der Waals surface area contributed by atoms with Gasteiger partial charge in [-0.1, -0.05) is 0 Å². The average molecular weight is 362 g/mol. The zero-order valence-electron chi connectivity index (χ0n) is 15.7. The van der Waals surface area contributed by atoms with Gasteiger partial charge in [-0.05, 0) is 0 Å². The summed E-state index contributed by atoms with van der Waals surface area (Å²) in [6.07, 6.45) is 2.20. The van der Waals surface area contributed by atoms with Crippen molar-refractivity contribution in [3.05, 3.63) is 47.4 Å². The summed E-state index contributed by atoms with van der Waals surface area (Å²) in [7, 11) is 2.04. The molecular formula is C19H27FGeN+. The van der Waals surface area contributed by atoms with E-state index in [1.54, 1.807) is 6.07 Å². The Bertz CT molecular complexity index is 742. The van der Waals surface area contributed by atoms with Gasteiger partial charge in [0.25, 0.3) is 0 Å². The predicted octanol–water partition coefficient (Wildman–Crippen LogP) is 4.29. The minimum absolute atomic E-state index is 0.212. The number of aromatic nitrogens is 1. The van der Waals surface area contributed by atoms with E-state index >= 15 is 0 Å². The molecule has 1 nitrogen and oxygen atoms in total. The SMILES string of the molecule is [2H]C(C)(C)c1cc(-c2ccc(F)cc2C)[n+](C)c[c]1[Ge]([CH3])([CH3])[CH3]. The number of benzene rings is 1. The molecule has 0 atom stereocenters. The third-order valence-corrected chi connectivity index (χ3v) is 8.31. The molecule has 1 aromatic carbocycles. The van der Waals surface area contributed by atoms with Gasteiger partial charge in [0.1, 0.15) is 0 Å². The molecule has 0 aliphatic rings. The molecule has 0 aliphatic heterocycles. The summed E-state index contributed by atoms with van der Waals surface area (Å²) in [6, 6.07) is 7.04. The molecule has 0 fully saturated rings. The van der Waals surface area contributed by atoms with Crippen LogP contribution in [0, 0.1) is 12.7 Å². The Kier molecular flexibility index (Phi) is 4.40. The van der Waals surface area contributed by atoms with Gasteiger partial charge in [0.15, 0.2) is 0 Å². The number of hydrogen-bond acceptors (Lipinski definition) is 0. The fourth-order valence-electron chi connectivity index (χ4n) is 2.84. The molecule has 0 unspecified atom stereocenters. The molecule has 2 aromatic rings. The Hall–Kier alpha value is -1.16. The first kappa shape index (κ1) is 15.7. The fraction of sp³-hybridized carbons (Fsp3) is 0.421. The van der Waals surface area contributed by atoms with Crippen LogP contribution < -0.4 is 8.96 Å². The summed E-state index contributed by atoms with van der Waals surface area (Å²) in [5, 5.41) is 0. The van der Waals surface area contributed by atoms with Crippen molar-refractivity contribution in [1.82, 2.24) is 0 Å². The van der Waals surface area contributed by atoms with Gasteiger partial charge in [0, 0.05) is 0 Å². The Morgan fingerprint density at radius 3 is 2.32 bits per heavy atom. The quantitative estimate of drug-likeness (QED) is 0.567. The third kappa shape index (κ3) is 3.43. The third-order valence-electron chi connectivity index (χ3n) is 4.09. The van der Waals surface area contributed by atoms with Crippen molar-refractivity contribution >= 4 is 17.7 Å². The summed E-state index contributed by atoms with van der Waals surface area (Å²) in [4.78, 5) is 0. The Morgan fingerprint density at radius 1 is 1.18 bits per heavy atom. The van der Waals surface area contributed by atoms with Crippen LogP contribution in [0.5, 0.6) is 0 Å². The van der Waals surface area contributed by atoms with E-state index in [4.69, 9.17) is 1.37 Å². The van der Waals surface area contributed by atoms with Gasteiger partial charge in [-0.2, -0.15) is 0 Å². The van der Waals surface area contributed by atoms with Crippen molar-refractivity contribution < 1.29 is 10.3 Å². The van der Waals surface area contributed by atoms with E-state index in [0.29, 0.717) is 0 Å². The van der Waals surface area contributed by atoms with Crippen LogP contribution in [0.1, 0.15) is 32.2 Å². The van der Waals surface area contributed by atoms with Crippen molar-refractivity contribution in [3.63, 3.8) is 0 Å². The fourth-order valence-corrected chi connectivity index (χ4v) is 6.43. The first-order chi connectivity index (χ1) is 10.4. The second-order valence-corrected chi connectivity index (χ2v) is 17.9. The summed E-state index contributed by atoms with van der Waals surface area (Å²) >= 11 is -2.10. The molecule has 3 heteroatoms. The topological polar surface area (TPSA) is 3.88 Å². The average Bonchev–Trinajstić information content (AvgIpc) is 2.36. The van der Waals surface area contributed by atoms with Crippen LogP contribution in [0.3, 0.4) is 0 Å². The van der Waals surface area contributed by atoms with E-state index in [-0.39, 0.29) is 5.82 Å². The van der Waals surface area contributed by atoms with Gasteiger partial charge in [0.2, 0.25) is 0 Å². The Balaban J connectivity index is 2.77. The van der Waals surface area contributed by atoms with Crippen molar-refractivity contribution in [2.24, 2.45) is 7.05 Å². The zero-order chi connectivity index (χ0) is 17.6. The molecule has 1 aromatic heterocycles. The van der Waals surface area contributed by atoms with Gasteiger partial charge in [-0.25, -0.2) is 0 Å². The van der Waals surface area contributed by atoms with Gasteiger partial charge < -0.3 is 0 Å². The number of halogens is 1. The second-order valence-electron chi connectivity index (χ2n) is 7.31. The van der Waals surface area contributed by atoms with Gasteiger partial charge in [-0.3, -0.25) is 0 Å². The Labute approximate surface area is 138 Å². The number of hydrogen-bond donors (Lipinski definition) is 0. The van der Waals surface area contributed by atoms with Gasteiger partial charge >= 0.3 is 138 Å². The van der Waals surface area contributed by atoms with Crippen molar-refractivity contribution in [3.8, 4) is 11.3 Å². The maximum absolute atomic E-state index is 13.4. The molecule has 0 saturated heterocycles. The van der Waals surface area contributed by atoms with Gasteiger partial charge in [-0.15, -0.1) is 0 Å². The van der Waals surface area contributed by atoms with Crippen LogP contribution in [0.15, 0.2) is 30.5 Å². The number of rotatable bonds is 3. The molecule has 0 bridgehead atoms. The zero-order valence-corrected chi connectivity index (χ0v) is 16.8. The second kappa shape index (κ2) is 6.15. The molecule has 118 valence electrons. The van der Waals surface area contributed by atoms with Crippen molar-refractivity contribution in [2.45, 2.75) is 43.9 Å². The molecule has 2 rings (SSSR count). The molecule has 0 saturated carbocycles. The van der Waals surface area contributed by atoms with Crippen LogP contribution in [-0.4, -0.2) is 13.3 Å². The summed E-state index contributed by atoms with van der Waals surface area (Å²) in [6.45, 7) is 5.82. The van der Waals surface area contributed by atoms with Crippen molar-refractivity contribution in [2.75, 3.05) is 0 Å². The summed E-state index contributed by atoms with van der Waals surface area (Å²) in [5.41, 5.74) is 4.07. The standard InChI is InChI=1S/C19H27FGeN/c1-13(2)17-11-19(16-9-8-15(20)10-14(16)3)22(7)12-18(17)21(4,5)6/h8-13H,1-7H3/q+1/i13D. The van der Waals surface area contributed by atoms with E-state index in [1.165, 1.54) is 10.5 Å². The van der Waals surface area contributed by atoms with E-state index in [1.807, 2.05) is 33.9 Å². The van der Waals surface area contributed by atoms with Crippen LogP contribution in [-0.2, 0) is 7.05 Å². The molecule has 22 heavy (non-hydrogen) atoms. The van der Waals surface area contributed by atoms with Crippen LogP contribution >= 0.6 is 0 Å². The summed E-state index contributed by atoms with van der Waals surface area (Å²) < 4.78 is 25.5. The Morgan fingerprint density at radius 2 is 1.82 bits per heavy atom. The number of aryl methyl sites for hydroxylation is 2. The molecule has 0 spiro atoms. The number of nitrogens with zero attached hydrogens (tertiary/aromatic N) is 1. The normalized spacial score (nSPS) is 13.2. The van der Waals surface area contributed by atoms with Crippen LogP contribution in [0.4, 0.5) is 4.39 Å². The van der Waals surface area contributed by atoms with Crippen LogP contribution in [0.2, 0.25) is 17.3 Å². The van der Waals surface area contributed by atoms with Crippen LogP contribution in [0.25, 0.3) is 11.3 Å². The minimum atomic E-state index is -2.10. The van der Waals surface area contributed by atoms with E-state index in [9.17, 15) is 4.39 Å². The molecule has 0 N–H and O–H groups in total.